The number of nitrogens with one attached hydrogen (secondary N) is 1. The van der Waals surface area contributed by atoms with Gasteiger partial charge in [-0.1, -0.05) is 17.3 Å². The van der Waals surface area contributed by atoms with Gasteiger partial charge in [0.2, 0.25) is 5.82 Å². The van der Waals surface area contributed by atoms with Crippen LogP contribution in [0.5, 0.6) is 0 Å². The van der Waals surface area contributed by atoms with E-state index in [2.05, 4.69) is 15.5 Å². The Hall–Kier alpha value is -2.05. The van der Waals surface area contributed by atoms with Gasteiger partial charge in [0, 0.05) is 11.1 Å². The zero-order chi connectivity index (χ0) is 15.0. The molecule has 1 heterocycles. The number of rotatable bonds is 2. The van der Waals surface area contributed by atoms with Crippen LogP contribution in [0.15, 0.2) is 28.8 Å². The molecule has 108 valence electrons. The predicted molar refractivity (Wildman–Crippen MR) is 68.1 cm³/mol. The van der Waals surface area contributed by atoms with E-state index in [1.165, 1.54) is 12.1 Å². The summed E-state index contributed by atoms with van der Waals surface area (Å²) < 4.78 is 42.9. The minimum absolute atomic E-state index is 0.114. The Kier molecular flexibility index (Phi) is 3.45. The second-order valence-corrected chi connectivity index (χ2v) is 5.38. The molecule has 0 saturated carbocycles. The smallest absolute Gasteiger partial charge is 0.333 e. The van der Waals surface area contributed by atoms with Crippen LogP contribution in [-0.4, -0.2) is 15.7 Å². The Bertz CT molecular complexity index is 599. The van der Waals surface area contributed by atoms with Gasteiger partial charge in [-0.25, -0.2) is 0 Å². The van der Waals surface area contributed by atoms with Crippen molar-refractivity contribution in [3.8, 4) is 11.4 Å². The highest BCUT2D eigenvalue weighted by Crippen LogP contribution is 2.31. The molecule has 1 aromatic heterocycles. The Morgan fingerprint density at radius 1 is 1.15 bits per heavy atom. The van der Waals surface area contributed by atoms with Gasteiger partial charge in [-0.15, -0.1) is 0 Å². The van der Waals surface area contributed by atoms with E-state index in [-0.39, 0.29) is 22.9 Å². The lowest BCUT2D eigenvalue weighted by molar-refractivity contribution is -0.137. The summed E-state index contributed by atoms with van der Waals surface area (Å²) in [7, 11) is 0. The average molecular weight is 285 g/mol. The number of benzene rings is 1. The molecule has 0 saturated heterocycles. The van der Waals surface area contributed by atoms with E-state index in [0.29, 0.717) is 0 Å². The SMILES string of the molecule is CC(C)(C)Nc1nc(-c2cccc(C(F)(F)F)c2)no1. The quantitative estimate of drug-likeness (QED) is 0.907. The van der Waals surface area contributed by atoms with Gasteiger partial charge in [-0.3, -0.25) is 0 Å². The third-order valence-electron chi connectivity index (χ3n) is 2.36. The van der Waals surface area contributed by atoms with Gasteiger partial charge in [-0.2, -0.15) is 18.2 Å². The van der Waals surface area contributed by atoms with Gasteiger partial charge in [0.1, 0.15) is 0 Å². The Morgan fingerprint density at radius 3 is 2.45 bits per heavy atom. The van der Waals surface area contributed by atoms with E-state index in [0.717, 1.165) is 12.1 Å². The van der Waals surface area contributed by atoms with Crippen LogP contribution in [0.25, 0.3) is 11.4 Å². The van der Waals surface area contributed by atoms with E-state index in [4.69, 9.17) is 4.52 Å². The summed E-state index contributed by atoms with van der Waals surface area (Å²) >= 11 is 0. The number of anilines is 1. The maximum Gasteiger partial charge on any atom is 0.416 e. The molecule has 2 aromatic rings. The molecule has 2 rings (SSSR count). The minimum Gasteiger partial charge on any atom is -0.333 e. The molecule has 0 atom stereocenters. The molecule has 0 radical (unpaired) electrons. The second kappa shape index (κ2) is 4.81. The lowest BCUT2D eigenvalue weighted by Crippen LogP contribution is -2.26. The predicted octanol–water partition coefficient (Wildman–Crippen LogP) is 3.97. The van der Waals surface area contributed by atoms with Gasteiger partial charge in [-0.05, 0) is 32.9 Å². The summed E-state index contributed by atoms with van der Waals surface area (Å²) in [5, 5.41) is 6.63. The first-order valence-electron chi connectivity index (χ1n) is 5.95. The van der Waals surface area contributed by atoms with Crippen molar-refractivity contribution in [2.24, 2.45) is 0 Å². The lowest BCUT2D eigenvalue weighted by atomic mass is 10.1. The standard InChI is InChI=1S/C13H14F3N3O/c1-12(2,3)18-11-17-10(19-20-11)8-5-4-6-9(7-8)13(14,15)16/h4-7H,1-3H3,(H,17,18,19). The van der Waals surface area contributed by atoms with E-state index in [1.807, 2.05) is 20.8 Å². The molecular weight excluding hydrogens is 271 g/mol. The molecule has 20 heavy (non-hydrogen) atoms. The van der Waals surface area contributed by atoms with Gasteiger partial charge in [0.25, 0.3) is 0 Å². The van der Waals surface area contributed by atoms with Gasteiger partial charge in [0.15, 0.2) is 0 Å². The topological polar surface area (TPSA) is 51.0 Å². The molecule has 1 aromatic carbocycles. The highest BCUT2D eigenvalue weighted by atomic mass is 19.4. The summed E-state index contributed by atoms with van der Waals surface area (Å²) in [6, 6.07) is 4.97. The zero-order valence-electron chi connectivity index (χ0n) is 11.2. The monoisotopic (exact) mass is 285 g/mol. The normalized spacial score (nSPS) is 12.5. The molecule has 0 spiro atoms. The summed E-state index contributed by atoms with van der Waals surface area (Å²) in [5.74, 6) is 0.114. The Labute approximate surface area is 114 Å². The number of aromatic nitrogens is 2. The van der Waals surface area contributed by atoms with Crippen LogP contribution in [0.1, 0.15) is 26.3 Å². The van der Waals surface area contributed by atoms with Crippen LogP contribution in [0.2, 0.25) is 0 Å². The van der Waals surface area contributed by atoms with Crippen molar-refractivity contribution in [2.75, 3.05) is 5.32 Å². The first-order chi connectivity index (χ1) is 9.15. The number of halogens is 3. The molecule has 7 heteroatoms. The third-order valence-corrected chi connectivity index (χ3v) is 2.36. The highest BCUT2D eigenvalue weighted by Gasteiger charge is 2.30. The molecular formula is C13H14F3N3O. The van der Waals surface area contributed by atoms with Crippen LogP contribution in [0, 0.1) is 0 Å². The van der Waals surface area contributed by atoms with Crippen molar-refractivity contribution in [2.45, 2.75) is 32.5 Å². The van der Waals surface area contributed by atoms with Crippen molar-refractivity contribution < 1.29 is 17.7 Å². The van der Waals surface area contributed by atoms with Crippen molar-refractivity contribution >= 4 is 6.01 Å². The molecule has 0 aliphatic carbocycles. The summed E-state index contributed by atoms with van der Waals surface area (Å²) in [6.07, 6.45) is -4.40. The third kappa shape index (κ3) is 3.49. The fraction of sp³-hybridized carbons (Fsp3) is 0.385. The number of hydrogen-bond donors (Lipinski definition) is 1. The molecule has 0 bridgehead atoms. The zero-order valence-corrected chi connectivity index (χ0v) is 11.2. The first kappa shape index (κ1) is 14.4. The van der Waals surface area contributed by atoms with E-state index >= 15 is 0 Å². The van der Waals surface area contributed by atoms with Crippen LogP contribution in [0.3, 0.4) is 0 Å². The van der Waals surface area contributed by atoms with Crippen molar-refractivity contribution in [1.82, 2.24) is 10.1 Å². The highest BCUT2D eigenvalue weighted by molar-refractivity contribution is 5.57. The first-order valence-corrected chi connectivity index (χ1v) is 5.95. The molecule has 0 fully saturated rings. The maximum atomic E-state index is 12.6. The van der Waals surface area contributed by atoms with Crippen molar-refractivity contribution in [3.63, 3.8) is 0 Å². The van der Waals surface area contributed by atoms with E-state index in [1.54, 1.807) is 0 Å². The van der Waals surface area contributed by atoms with E-state index in [9.17, 15) is 13.2 Å². The Morgan fingerprint density at radius 2 is 1.85 bits per heavy atom. The van der Waals surface area contributed by atoms with Crippen LogP contribution in [0.4, 0.5) is 19.2 Å². The Balaban J connectivity index is 2.29. The van der Waals surface area contributed by atoms with Crippen LogP contribution < -0.4 is 5.32 Å². The second-order valence-electron chi connectivity index (χ2n) is 5.38. The number of hydrogen-bond acceptors (Lipinski definition) is 4. The van der Waals surface area contributed by atoms with Gasteiger partial charge in [0.05, 0.1) is 5.56 Å². The average Bonchev–Trinajstić information content (AvgIpc) is 2.74. The molecule has 0 unspecified atom stereocenters. The summed E-state index contributed by atoms with van der Waals surface area (Å²) in [6.45, 7) is 5.71. The summed E-state index contributed by atoms with van der Waals surface area (Å²) in [5.41, 5.74) is -0.770. The molecule has 1 N–H and O–H groups in total. The van der Waals surface area contributed by atoms with Crippen molar-refractivity contribution in [3.05, 3.63) is 29.8 Å². The van der Waals surface area contributed by atoms with Gasteiger partial charge >= 0.3 is 12.2 Å². The largest absolute Gasteiger partial charge is 0.416 e. The van der Waals surface area contributed by atoms with Crippen molar-refractivity contribution in [1.29, 1.82) is 0 Å². The number of nitrogens with zero attached hydrogens (tertiary/aromatic N) is 2. The molecule has 0 amide bonds. The summed E-state index contributed by atoms with van der Waals surface area (Å²) in [4.78, 5) is 4.03. The van der Waals surface area contributed by atoms with E-state index < -0.39 is 11.7 Å². The lowest BCUT2D eigenvalue weighted by Gasteiger charge is -2.17. The van der Waals surface area contributed by atoms with Crippen LogP contribution >= 0.6 is 0 Å². The maximum absolute atomic E-state index is 12.6. The van der Waals surface area contributed by atoms with Crippen LogP contribution in [-0.2, 0) is 6.18 Å². The minimum atomic E-state index is -4.40. The fourth-order valence-electron chi connectivity index (χ4n) is 1.55. The molecule has 4 nitrogen and oxygen atoms in total. The number of alkyl halides is 3. The fourth-order valence-corrected chi connectivity index (χ4v) is 1.55. The molecule has 0 aliphatic rings. The van der Waals surface area contributed by atoms with Gasteiger partial charge < -0.3 is 9.84 Å². The molecule has 0 aliphatic heterocycles.